The Morgan fingerprint density at radius 3 is 2.35 bits per heavy atom. The first kappa shape index (κ1) is 13.6. The van der Waals surface area contributed by atoms with E-state index in [1.807, 2.05) is 6.92 Å². The summed E-state index contributed by atoms with van der Waals surface area (Å²) in [5.41, 5.74) is -0.671. The number of hydrogen-bond donors (Lipinski definition) is 2. The molecule has 5 nitrogen and oxygen atoms in total. The molecule has 0 aliphatic rings. The molecular formula is C11H15NO4S. The van der Waals surface area contributed by atoms with Crippen molar-refractivity contribution < 1.29 is 19.8 Å². The maximum absolute atomic E-state index is 11.1. The summed E-state index contributed by atoms with van der Waals surface area (Å²) in [6.45, 7) is 4.97. The first-order chi connectivity index (χ1) is 7.80. The summed E-state index contributed by atoms with van der Waals surface area (Å²) >= 11 is 0.951. The number of aliphatic carboxylic acids is 1. The number of aromatic carboxylic acids is 1. The molecule has 2 N–H and O–H groups in total. The van der Waals surface area contributed by atoms with Crippen LogP contribution in [0.15, 0.2) is 0 Å². The zero-order chi connectivity index (χ0) is 13.2. The lowest BCUT2D eigenvalue weighted by molar-refractivity contribution is -0.142. The summed E-state index contributed by atoms with van der Waals surface area (Å²) in [5.74, 6) is -2.05. The lowest BCUT2D eigenvalue weighted by Crippen LogP contribution is -2.28. The summed E-state index contributed by atoms with van der Waals surface area (Å²) in [5, 5.41) is 18.5. The molecule has 0 aliphatic carbocycles. The van der Waals surface area contributed by atoms with Crippen LogP contribution in [0.25, 0.3) is 0 Å². The molecule has 0 radical (unpaired) electrons. The lowest BCUT2D eigenvalue weighted by Gasteiger charge is -2.14. The fourth-order valence-corrected chi connectivity index (χ4v) is 2.33. The van der Waals surface area contributed by atoms with E-state index in [4.69, 9.17) is 10.2 Å². The van der Waals surface area contributed by atoms with Gasteiger partial charge in [-0.05, 0) is 20.3 Å². The summed E-state index contributed by atoms with van der Waals surface area (Å²) in [6.07, 6.45) is 1.32. The maximum atomic E-state index is 11.1. The molecule has 0 saturated heterocycles. The van der Waals surface area contributed by atoms with E-state index in [-0.39, 0.29) is 4.88 Å². The van der Waals surface area contributed by atoms with Crippen LogP contribution in [0.5, 0.6) is 0 Å². The minimum Gasteiger partial charge on any atom is -0.481 e. The molecule has 0 unspecified atom stereocenters. The van der Waals surface area contributed by atoms with Gasteiger partial charge in [0.25, 0.3) is 0 Å². The van der Waals surface area contributed by atoms with Gasteiger partial charge < -0.3 is 10.2 Å². The normalized spacial score (nSPS) is 11.5. The minimum atomic E-state index is -1.15. The summed E-state index contributed by atoms with van der Waals surface area (Å²) in [7, 11) is 0. The van der Waals surface area contributed by atoms with Crippen LogP contribution in [-0.4, -0.2) is 27.1 Å². The van der Waals surface area contributed by atoms with Gasteiger partial charge in [0.15, 0.2) is 0 Å². The number of hydrogen-bond acceptors (Lipinski definition) is 4. The van der Waals surface area contributed by atoms with Crippen molar-refractivity contribution >= 4 is 23.3 Å². The van der Waals surface area contributed by atoms with Crippen molar-refractivity contribution in [3.63, 3.8) is 0 Å². The molecule has 17 heavy (non-hydrogen) atoms. The highest BCUT2D eigenvalue weighted by Gasteiger charge is 2.34. The number of carboxylic acid groups (broad SMARTS) is 2. The van der Waals surface area contributed by atoms with Gasteiger partial charge in [-0.2, -0.15) is 0 Å². The van der Waals surface area contributed by atoms with Crippen LogP contribution in [-0.2, 0) is 16.6 Å². The molecule has 1 rings (SSSR count). The first-order valence-electron chi connectivity index (χ1n) is 5.27. The van der Waals surface area contributed by atoms with Crippen molar-refractivity contribution in [3.8, 4) is 0 Å². The van der Waals surface area contributed by atoms with Crippen LogP contribution in [0.4, 0.5) is 0 Å². The van der Waals surface area contributed by atoms with Gasteiger partial charge in [-0.25, -0.2) is 9.78 Å². The smallest absolute Gasteiger partial charge is 0.347 e. The van der Waals surface area contributed by atoms with E-state index < -0.39 is 17.4 Å². The zero-order valence-corrected chi connectivity index (χ0v) is 10.8. The third kappa shape index (κ3) is 2.63. The van der Waals surface area contributed by atoms with Gasteiger partial charge in [-0.3, -0.25) is 4.79 Å². The second kappa shape index (κ2) is 4.83. The zero-order valence-electron chi connectivity index (χ0n) is 9.98. The largest absolute Gasteiger partial charge is 0.481 e. The first-order valence-corrected chi connectivity index (χ1v) is 6.09. The predicted octanol–water partition coefficient (Wildman–Crippen LogP) is 2.16. The van der Waals surface area contributed by atoms with Gasteiger partial charge in [0, 0.05) is 0 Å². The minimum absolute atomic E-state index is 0.149. The van der Waals surface area contributed by atoms with Crippen LogP contribution in [0.2, 0.25) is 0 Å². The van der Waals surface area contributed by atoms with E-state index >= 15 is 0 Å². The van der Waals surface area contributed by atoms with Gasteiger partial charge in [0.2, 0.25) is 0 Å². The topological polar surface area (TPSA) is 87.5 Å². The number of rotatable bonds is 5. The van der Waals surface area contributed by atoms with Crippen molar-refractivity contribution in [2.45, 2.75) is 39.0 Å². The Labute approximate surface area is 103 Å². The molecule has 0 saturated carbocycles. The van der Waals surface area contributed by atoms with Gasteiger partial charge in [-0.15, -0.1) is 11.3 Å². The van der Waals surface area contributed by atoms with Crippen LogP contribution >= 0.6 is 11.3 Å². The van der Waals surface area contributed by atoms with Crippen molar-refractivity contribution in [1.82, 2.24) is 4.98 Å². The number of thiazole rings is 1. The highest BCUT2D eigenvalue weighted by molar-refractivity contribution is 7.14. The lowest BCUT2D eigenvalue weighted by atomic mass is 9.95. The van der Waals surface area contributed by atoms with E-state index in [1.165, 1.54) is 13.8 Å². The van der Waals surface area contributed by atoms with Crippen LogP contribution in [0.1, 0.15) is 47.6 Å². The van der Waals surface area contributed by atoms with Gasteiger partial charge in [0.1, 0.15) is 15.3 Å². The molecule has 1 aromatic heterocycles. The fourth-order valence-electron chi connectivity index (χ4n) is 1.28. The third-order valence-electron chi connectivity index (χ3n) is 2.45. The van der Waals surface area contributed by atoms with Gasteiger partial charge in [-0.1, -0.05) is 13.3 Å². The SMILES string of the molecule is CCCc1nc(C(C)(C)C(=O)O)sc1C(=O)O. The molecule has 1 heterocycles. The molecule has 0 aromatic carbocycles. The van der Waals surface area contributed by atoms with Gasteiger partial charge in [0.05, 0.1) is 5.69 Å². The fraction of sp³-hybridized carbons (Fsp3) is 0.545. The van der Waals surface area contributed by atoms with Crippen molar-refractivity contribution in [1.29, 1.82) is 0 Å². The highest BCUT2D eigenvalue weighted by atomic mass is 32.1. The third-order valence-corrected chi connectivity index (χ3v) is 3.86. The Bertz CT molecular complexity index is 450. The average molecular weight is 257 g/mol. The number of carbonyl (C=O) groups is 2. The van der Waals surface area contributed by atoms with Crippen LogP contribution in [0.3, 0.4) is 0 Å². The molecule has 0 amide bonds. The number of nitrogens with zero attached hydrogens (tertiary/aromatic N) is 1. The Hall–Kier alpha value is -1.43. The van der Waals surface area contributed by atoms with E-state index in [1.54, 1.807) is 0 Å². The quantitative estimate of drug-likeness (QED) is 0.844. The van der Waals surface area contributed by atoms with E-state index in [9.17, 15) is 9.59 Å². The van der Waals surface area contributed by atoms with E-state index in [2.05, 4.69) is 4.98 Å². The maximum Gasteiger partial charge on any atom is 0.347 e. The van der Waals surface area contributed by atoms with E-state index in [0.717, 1.165) is 17.8 Å². The van der Waals surface area contributed by atoms with Crippen LogP contribution < -0.4 is 0 Å². The Balaban J connectivity index is 3.25. The summed E-state index contributed by atoms with van der Waals surface area (Å²) in [4.78, 5) is 26.4. The Morgan fingerprint density at radius 2 is 1.94 bits per heavy atom. The molecule has 6 heteroatoms. The van der Waals surface area contributed by atoms with Crippen molar-refractivity contribution in [3.05, 3.63) is 15.6 Å². The van der Waals surface area contributed by atoms with Gasteiger partial charge >= 0.3 is 11.9 Å². The molecular weight excluding hydrogens is 242 g/mol. The van der Waals surface area contributed by atoms with Crippen molar-refractivity contribution in [2.75, 3.05) is 0 Å². The molecule has 0 atom stereocenters. The molecule has 0 spiro atoms. The standard InChI is InChI=1S/C11H15NO4S/c1-4-5-6-7(8(13)14)17-9(12-6)11(2,3)10(15)16/h4-5H2,1-3H3,(H,13,14)(H,15,16). The molecule has 0 bridgehead atoms. The molecule has 1 aromatic rings. The second-order valence-electron chi connectivity index (χ2n) is 4.28. The van der Waals surface area contributed by atoms with Crippen LogP contribution in [0, 0.1) is 0 Å². The summed E-state index contributed by atoms with van der Waals surface area (Å²) < 4.78 is 0. The number of carboxylic acids is 2. The van der Waals surface area contributed by atoms with E-state index in [0.29, 0.717) is 17.1 Å². The highest BCUT2D eigenvalue weighted by Crippen LogP contribution is 2.30. The predicted molar refractivity (Wildman–Crippen MR) is 63.7 cm³/mol. The Morgan fingerprint density at radius 1 is 1.35 bits per heavy atom. The monoisotopic (exact) mass is 257 g/mol. The summed E-state index contributed by atoms with van der Waals surface area (Å²) in [6, 6.07) is 0. The molecule has 0 aliphatic heterocycles. The second-order valence-corrected chi connectivity index (χ2v) is 5.28. The molecule has 94 valence electrons. The number of aryl methyl sites for hydroxylation is 1. The van der Waals surface area contributed by atoms with Crippen molar-refractivity contribution in [2.24, 2.45) is 0 Å². The Kier molecular flexibility index (Phi) is 3.87. The average Bonchev–Trinajstić information content (AvgIpc) is 2.62. The molecule has 0 fully saturated rings. The number of aromatic nitrogens is 1.